The van der Waals surface area contributed by atoms with Gasteiger partial charge in [-0.05, 0) is 42.0 Å². The van der Waals surface area contributed by atoms with Crippen molar-refractivity contribution in [3.8, 4) is 10.4 Å². The Morgan fingerprint density at radius 2 is 2.04 bits per heavy atom. The van der Waals surface area contributed by atoms with Crippen molar-refractivity contribution in [2.75, 3.05) is 6.54 Å². The lowest BCUT2D eigenvalue weighted by Crippen LogP contribution is -2.30. The molecule has 0 atom stereocenters. The van der Waals surface area contributed by atoms with Crippen LogP contribution in [0.25, 0.3) is 10.4 Å². The van der Waals surface area contributed by atoms with Gasteiger partial charge in [-0.2, -0.15) is 0 Å². The van der Waals surface area contributed by atoms with Crippen molar-refractivity contribution in [2.24, 2.45) is 0 Å². The molecule has 0 radical (unpaired) electrons. The fourth-order valence-corrected chi connectivity index (χ4v) is 4.35. The molecule has 0 spiro atoms. The molecule has 0 saturated heterocycles. The number of benzene rings is 1. The maximum atomic E-state index is 5.97. The van der Waals surface area contributed by atoms with Crippen molar-refractivity contribution in [1.29, 1.82) is 0 Å². The van der Waals surface area contributed by atoms with Gasteiger partial charge in [0.15, 0.2) is 4.77 Å². The van der Waals surface area contributed by atoms with E-state index in [1.807, 2.05) is 29.7 Å². The molecular formula is C18H16ClN3S2. The zero-order valence-electron chi connectivity index (χ0n) is 13.0. The second kappa shape index (κ2) is 6.76. The standard InChI is InChI=1S/C18H16ClN3S2/c19-14-3-1-12(2-4-14)17-6-5-15(24-17)11-22-8-7-16-13(10-22)9-20-18(23)21-16/h1-6,9H,7-8,10-11H2,(H,20,21,23). The molecule has 0 unspecified atom stereocenters. The predicted octanol–water partition coefficient (Wildman–Crippen LogP) is 5.08. The molecule has 122 valence electrons. The second-order valence-electron chi connectivity index (χ2n) is 5.93. The highest BCUT2D eigenvalue weighted by Gasteiger charge is 2.17. The first kappa shape index (κ1) is 16.0. The highest BCUT2D eigenvalue weighted by Crippen LogP contribution is 2.30. The van der Waals surface area contributed by atoms with Crippen LogP contribution in [0.3, 0.4) is 0 Å². The third-order valence-corrected chi connectivity index (χ3v) is 5.80. The lowest BCUT2D eigenvalue weighted by Gasteiger charge is -2.27. The molecule has 0 saturated carbocycles. The average molecular weight is 374 g/mol. The molecule has 0 bridgehead atoms. The van der Waals surface area contributed by atoms with Gasteiger partial charge >= 0.3 is 0 Å². The Morgan fingerprint density at radius 1 is 1.21 bits per heavy atom. The molecule has 0 fully saturated rings. The van der Waals surface area contributed by atoms with E-state index in [0.717, 1.165) is 31.1 Å². The first-order chi connectivity index (χ1) is 11.7. The van der Waals surface area contributed by atoms with Crippen molar-refractivity contribution in [1.82, 2.24) is 14.9 Å². The van der Waals surface area contributed by atoms with E-state index in [9.17, 15) is 0 Å². The van der Waals surface area contributed by atoms with Crippen LogP contribution in [0.2, 0.25) is 5.02 Å². The molecule has 24 heavy (non-hydrogen) atoms. The summed E-state index contributed by atoms with van der Waals surface area (Å²) in [6, 6.07) is 12.4. The number of nitrogens with one attached hydrogen (secondary N) is 1. The molecule has 1 aliphatic heterocycles. The maximum Gasteiger partial charge on any atom is 0.196 e. The van der Waals surface area contributed by atoms with Crippen LogP contribution in [-0.4, -0.2) is 21.4 Å². The first-order valence-electron chi connectivity index (χ1n) is 7.81. The summed E-state index contributed by atoms with van der Waals surface area (Å²) in [7, 11) is 0. The van der Waals surface area contributed by atoms with Gasteiger partial charge in [-0.25, -0.2) is 4.98 Å². The largest absolute Gasteiger partial charge is 0.334 e. The number of aromatic nitrogens is 2. The molecule has 2 aromatic heterocycles. The molecule has 3 aromatic rings. The summed E-state index contributed by atoms with van der Waals surface area (Å²) >= 11 is 12.9. The van der Waals surface area contributed by atoms with Gasteiger partial charge in [-0.1, -0.05) is 23.7 Å². The smallest absolute Gasteiger partial charge is 0.196 e. The van der Waals surface area contributed by atoms with E-state index in [1.165, 1.54) is 26.6 Å². The van der Waals surface area contributed by atoms with E-state index in [-0.39, 0.29) is 0 Å². The van der Waals surface area contributed by atoms with Gasteiger partial charge in [0.1, 0.15) is 0 Å². The maximum absolute atomic E-state index is 5.97. The van der Waals surface area contributed by atoms with Crippen LogP contribution in [-0.2, 0) is 19.5 Å². The van der Waals surface area contributed by atoms with Gasteiger partial charge in [-0.3, -0.25) is 4.90 Å². The lowest BCUT2D eigenvalue weighted by atomic mass is 10.1. The van der Waals surface area contributed by atoms with E-state index >= 15 is 0 Å². The normalized spacial score (nSPS) is 14.5. The number of rotatable bonds is 3. The Balaban J connectivity index is 1.48. The molecule has 0 aliphatic carbocycles. The van der Waals surface area contributed by atoms with Crippen molar-refractivity contribution in [3.63, 3.8) is 0 Å². The van der Waals surface area contributed by atoms with Crippen LogP contribution < -0.4 is 0 Å². The van der Waals surface area contributed by atoms with Crippen LogP contribution in [0.1, 0.15) is 16.1 Å². The van der Waals surface area contributed by atoms with E-state index in [1.54, 1.807) is 0 Å². The van der Waals surface area contributed by atoms with Gasteiger partial charge in [-0.15, -0.1) is 11.3 Å². The van der Waals surface area contributed by atoms with Crippen molar-refractivity contribution in [3.05, 3.63) is 68.5 Å². The topological polar surface area (TPSA) is 31.9 Å². The van der Waals surface area contributed by atoms with Gasteiger partial charge in [0.05, 0.1) is 0 Å². The minimum absolute atomic E-state index is 0.577. The second-order valence-corrected chi connectivity index (χ2v) is 7.92. The summed E-state index contributed by atoms with van der Waals surface area (Å²) in [6.07, 6.45) is 2.91. The summed E-state index contributed by atoms with van der Waals surface area (Å²) in [5, 5.41) is 0.773. The molecule has 3 nitrogen and oxygen atoms in total. The minimum atomic E-state index is 0.577. The van der Waals surface area contributed by atoms with Crippen LogP contribution in [0.15, 0.2) is 42.6 Å². The third kappa shape index (κ3) is 3.44. The monoisotopic (exact) mass is 373 g/mol. The average Bonchev–Trinajstić information content (AvgIpc) is 3.04. The number of aromatic amines is 1. The Morgan fingerprint density at radius 3 is 2.88 bits per heavy atom. The number of halogens is 1. The highest BCUT2D eigenvalue weighted by molar-refractivity contribution is 7.71. The van der Waals surface area contributed by atoms with E-state index in [0.29, 0.717) is 4.77 Å². The molecular weight excluding hydrogens is 358 g/mol. The molecule has 4 rings (SSSR count). The number of hydrogen-bond acceptors (Lipinski definition) is 4. The molecule has 0 amide bonds. The number of H-pyrrole nitrogens is 1. The summed E-state index contributed by atoms with van der Waals surface area (Å²) in [6.45, 7) is 2.92. The van der Waals surface area contributed by atoms with Gasteiger partial charge in [0.2, 0.25) is 0 Å². The molecule has 1 N–H and O–H groups in total. The summed E-state index contributed by atoms with van der Waals surface area (Å²) in [4.78, 5) is 12.5. The summed E-state index contributed by atoms with van der Waals surface area (Å²) < 4.78 is 0.577. The van der Waals surface area contributed by atoms with Crippen molar-refractivity contribution >= 4 is 35.2 Å². The van der Waals surface area contributed by atoms with Gasteiger partial charge in [0.25, 0.3) is 0 Å². The number of thiophene rings is 1. The molecule has 6 heteroatoms. The SMILES string of the molecule is S=c1ncc2c([nH]1)CCN(Cc1ccc(-c3ccc(Cl)cc3)s1)C2. The predicted molar refractivity (Wildman–Crippen MR) is 102 cm³/mol. The molecule has 1 aromatic carbocycles. The third-order valence-electron chi connectivity index (χ3n) is 4.22. The van der Waals surface area contributed by atoms with E-state index in [2.05, 4.69) is 39.1 Å². The van der Waals surface area contributed by atoms with Crippen LogP contribution in [0, 0.1) is 4.77 Å². The Hall–Kier alpha value is -1.53. The zero-order valence-corrected chi connectivity index (χ0v) is 15.3. The zero-order chi connectivity index (χ0) is 16.5. The Kier molecular flexibility index (Phi) is 4.50. The van der Waals surface area contributed by atoms with Crippen molar-refractivity contribution < 1.29 is 0 Å². The summed E-state index contributed by atoms with van der Waals surface area (Å²) in [5.74, 6) is 0. The summed E-state index contributed by atoms with van der Waals surface area (Å²) in [5.41, 5.74) is 3.71. The molecule has 1 aliphatic rings. The van der Waals surface area contributed by atoms with Crippen LogP contribution >= 0.6 is 35.2 Å². The van der Waals surface area contributed by atoms with Gasteiger partial charge < -0.3 is 4.98 Å². The van der Waals surface area contributed by atoms with E-state index in [4.69, 9.17) is 23.8 Å². The first-order valence-corrected chi connectivity index (χ1v) is 9.42. The van der Waals surface area contributed by atoms with Crippen LogP contribution in [0.4, 0.5) is 0 Å². The Labute approximate surface area is 155 Å². The number of hydrogen-bond donors (Lipinski definition) is 1. The van der Waals surface area contributed by atoms with E-state index < -0.39 is 0 Å². The van der Waals surface area contributed by atoms with Crippen molar-refractivity contribution in [2.45, 2.75) is 19.5 Å². The fraction of sp³-hybridized carbons (Fsp3) is 0.222. The van der Waals surface area contributed by atoms with Crippen LogP contribution in [0.5, 0.6) is 0 Å². The molecule has 3 heterocycles. The lowest BCUT2D eigenvalue weighted by molar-refractivity contribution is 0.245. The van der Waals surface area contributed by atoms with Gasteiger partial charge in [0, 0.05) is 58.3 Å². The quantitative estimate of drug-likeness (QED) is 0.650. The minimum Gasteiger partial charge on any atom is -0.334 e. The number of fused-ring (bicyclic) bond motifs is 1. The Bertz CT molecular complexity index is 915. The number of nitrogens with zero attached hydrogens (tertiary/aromatic N) is 2. The highest BCUT2D eigenvalue weighted by atomic mass is 35.5. The fourth-order valence-electron chi connectivity index (χ4n) is 2.99.